The van der Waals surface area contributed by atoms with E-state index in [2.05, 4.69) is 10.3 Å². The van der Waals surface area contributed by atoms with Crippen LogP contribution in [0.2, 0.25) is 0 Å². The summed E-state index contributed by atoms with van der Waals surface area (Å²) in [7, 11) is 1.70. The molecule has 27 heavy (non-hydrogen) atoms. The molecule has 1 aliphatic heterocycles. The number of likely N-dealkylation sites (tertiary alicyclic amines) is 1. The van der Waals surface area contributed by atoms with Crippen LogP contribution in [0.3, 0.4) is 0 Å². The minimum Gasteiger partial charge on any atom is -0.385 e. The van der Waals surface area contributed by atoms with E-state index in [1.165, 1.54) is 0 Å². The standard InChI is InChI=1S/C19H27N5O3/c1-3-24-15(7-10-20-24)17(25)23-11-4-8-19(13-23,9-12-26-2)18-21-16(27-22-18)14-5-6-14/h7,10,14H,3-6,8-9,11-13H2,1-2H3. The van der Waals surface area contributed by atoms with E-state index in [-0.39, 0.29) is 11.3 Å². The number of methoxy groups -OCH3 is 1. The molecule has 0 aromatic carbocycles. The van der Waals surface area contributed by atoms with Crippen molar-refractivity contribution >= 4 is 5.91 Å². The molecule has 1 unspecified atom stereocenters. The van der Waals surface area contributed by atoms with Crippen molar-refractivity contribution in [1.82, 2.24) is 24.8 Å². The second kappa shape index (κ2) is 7.42. The number of amides is 1. The van der Waals surface area contributed by atoms with Crippen LogP contribution in [0.15, 0.2) is 16.8 Å². The average Bonchev–Trinajstić information content (AvgIpc) is 3.23. The molecule has 2 aromatic heterocycles. The zero-order valence-electron chi connectivity index (χ0n) is 16.1. The average molecular weight is 373 g/mol. The minimum atomic E-state index is -0.322. The molecule has 1 amide bonds. The second-order valence-electron chi connectivity index (χ2n) is 7.62. The highest BCUT2D eigenvalue weighted by Gasteiger charge is 2.43. The molecule has 0 N–H and O–H groups in total. The summed E-state index contributed by atoms with van der Waals surface area (Å²) in [6.45, 7) is 4.57. The van der Waals surface area contributed by atoms with Crippen molar-refractivity contribution in [1.29, 1.82) is 0 Å². The van der Waals surface area contributed by atoms with Gasteiger partial charge in [0.15, 0.2) is 5.82 Å². The number of hydrogen-bond acceptors (Lipinski definition) is 6. The lowest BCUT2D eigenvalue weighted by atomic mass is 9.76. The van der Waals surface area contributed by atoms with Crippen molar-refractivity contribution in [3.05, 3.63) is 29.7 Å². The second-order valence-corrected chi connectivity index (χ2v) is 7.62. The Morgan fingerprint density at radius 1 is 1.44 bits per heavy atom. The molecule has 2 aliphatic rings. The predicted molar refractivity (Wildman–Crippen MR) is 97.5 cm³/mol. The highest BCUT2D eigenvalue weighted by Crippen LogP contribution is 2.41. The van der Waals surface area contributed by atoms with Gasteiger partial charge in [0.2, 0.25) is 5.89 Å². The minimum absolute atomic E-state index is 0.0155. The molecule has 1 atom stereocenters. The highest BCUT2D eigenvalue weighted by atomic mass is 16.5. The SMILES string of the molecule is CCn1nccc1C(=O)N1CCCC(CCOC)(c2noc(C3CC3)n2)C1. The molecule has 146 valence electrons. The third-order valence-electron chi connectivity index (χ3n) is 5.73. The Hall–Kier alpha value is -2.22. The van der Waals surface area contributed by atoms with Gasteiger partial charge in [-0.1, -0.05) is 5.16 Å². The van der Waals surface area contributed by atoms with E-state index in [0.29, 0.717) is 31.3 Å². The number of aromatic nitrogens is 4. The monoisotopic (exact) mass is 373 g/mol. The van der Waals surface area contributed by atoms with Gasteiger partial charge in [0.1, 0.15) is 5.69 Å². The number of hydrogen-bond donors (Lipinski definition) is 0. The Morgan fingerprint density at radius 2 is 2.30 bits per heavy atom. The number of aryl methyl sites for hydroxylation is 1. The molecule has 1 aliphatic carbocycles. The van der Waals surface area contributed by atoms with E-state index in [0.717, 1.165) is 50.4 Å². The highest BCUT2D eigenvalue weighted by molar-refractivity contribution is 5.92. The summed E-state index contributed by atoms with van der Waals surface area (Å²) in [4.78, 5) is 19.8. The lowest BCUT2D eigenvalue weighted by Gasteiger charge is -2.40. The van der Waals surface area contributed by atoms with Crippen molar-refractivity contribution in [2.45, 2.75) is 56.9 Å². The Bertz CT molecular complexity index is 797. The lowest BCUT2D eigenvalue weighted by molar-refractivity contribution is 0.0555. The van der Waals surface area contributed by atoms with Gasteiger partial charge in [-0.15, -0.1) is 0 Å². The summed E-state index contributed by atoms with van der Waals surface area (Å²) in [5.41, 5.74) is 0.310. The van der Waals surface area contributed by atoms with Gasteiger partial charge in [0, 0.05) is 45.5 Å². The molecular weight excluding hydrogens is 346 g/mol. The van der Waals surface area contributed by atoms with E-state index in [9.17, 15) is 4.79 Å². The van der Waals surface area contributed by atoms with Crippen LogP contribution in [0, 0.1) is 0 Å². The largest absolute Gasteiger partial charge is 0.385 e. The molecule has 0 radical (unpaired) electrons. The Balaban J connectivity index is 1.59. The van der Waals surface area contributed by atoms with Gasteiger partial charge < -0.3 is 14.2 Å². The first-order chi connectivity index (χ1) is 13.2. The molecule has 4 rings (SSSR count). The number of carbonyl (C=O) groups is 1. The fourth-order valence-electron chi connectivity index (χ4n) is 3.98. The van der Waals surface area contributed by atoms with Crippen molar-refractivity contribution in [2.75, 3.05) is 26.8 Å². The molecule has 3 heterocycles. The van der Waals surface area contributed by atoms with Crippen LogP contribution in [0.1, 0.15) is 67.1 Å². The fraction of sp³-hybridized carbons (Fsp3) is 0.684. The number of nitrogens with zero attached hydrogens (tertiary/aromatic N) is 5. The van der Waals surface area contributed by atoms with Crippen molar-refractivity contribution in [3.63, 3.8) is 0 Å². The topological polar surface area (TPSA) is 86.3 Å². The van der Waals surface area contributed by atoms with E-state index < -0.39 is 0 Å². The summed E-state index contributed by atoms with van der Waals surface area (Å²) in [5, 5.41) is 8.55. The van der Waals surface area contributed by atoms with E-state index in [4.69, 9.17) is 14.2 Å². The number of piperidine rings is 1. The van der Waals surface area contributed by atoms with Gasteiger partial charge in [-0.2, -0.15) is 10.1 Å². The maximum Gasteiger partial charge on any atom is 0.272 e. The van der Waals surface area contributed by atoms with Gasteiger partial charge >= 0.3 is 0 Å². The lowest BCUT2D eigenvalue weighted by Crippen LogP contribution is -2.50. The quantitative estimate of drug-likeness (QED) is 0.741. The molecule has 1 saturated heterocycles. The smallest absolute Gasteiger partial charge is 0.272 e. The summed E-state index contributed by atoms with van der Waals surface area (Å²) in [6, 6.07) is 1.79. The number of carbonyl (C=O) groups excluding carboxylic acids is 1. The molecule has 0 bridgehead atoms. The van der Waals surface area contributed by atoms with Crippen LogP contribution in [0.5, 0.6) is 0 Å². The molecular formula is C19H27N5O3. The molecule has 0 spiro atoms. The van der Waals surface area contributed by atoms with Crippen LogP contribution < -0.4 is 0 Å². The van der Waals surface area contributed by atoms with E-state index >= 15 is 0 Å². The molecule has 2 fully saturated rings. The summed E-state index contributed by atoms with van der Waals surface area (Å²) in [6.07, 6.45) is 6.53. The van der Waals surface area contributed by atoms with Gasteiger partial charge in [0.05, 0.1) is 5.41 Å². The van der Waals surface area contributed by atoms with Crippen LogP contribution in [-0.2, 0) is 16.7 Å². The van der Waals surface area contributed by atoms with Crippen molar-refractivity contribution < 1.29 is 14.1 Å². The first kappa shape index (κ1) is 18.2. The van der Waals surface area contributed by atoms with Gasteiger partial charge in [-0.05, 0) is 45.1 Å². The maximum atomic E-state index is 13.1. The number of rotatable bonds is 7. The Morgan fingerprint density at radius 3 is 3.04 bits per heavy atom. The molecule has 1 saturated carbocycles. The van der Waals surface area contributed by atoms with Crippen LogP contribution in [0.25, 0.3) is 0 Å². The third-order valence-corrected chi connectivity index (χ3v) is 5.73. The predicted octanol–water partition coefficient (Wildman–Crippen LogP) is 2.37. The summed E-state index contributed by atoms with van der Waals surface area (Å²) >= 11 is 0. The van der Waals surface area contributed by atoms with Crippen molar-refractivity contribution in [3.8, 4) is 0 Å². The number of ether oxygens (including phenoxy) is 1. The first-order valence-corrected chi connectivity index (χ1v) is 9.81. The Labute approximate surface area is 158 Å². The van der Waals surface area contributed by atoms with Crippen molar-refractivity contribution in [2.24, 2.45) is 0 Å². The van der Waals surface area contributed by atoms with Crippen LogP contribution in [-0.4, -0.2) is 57.5 Å². The Kier molecular flexibility index (Phi) is 4.99. The van der Waals surface area contributed by atoms with Crippen LogP contribution >= 0.6 is 0 Å². The van der Waals surface area contributed by atoms with Gasteiger partial charge in [0.25, 0.3) is 5.91 Å². The maximum absolute atomic E-state index is 13.1. The molecule has 8 heteroatoms. The fourth-order valence-corrected chi connectivity index (χ4v) is 3.98. The van der Waals surface area contributed by atoms with E-state index in [1.54, 1.807) is 24.1 Å². The van der Waals surface area contributed by atoms with Gasteiger partial charge in [-0.25, -0.2) is 0 Å². The molecule has 8 nitrogen and oxygen atoms in total. The van der Waals surface area contributed by atoms with Crippen LogP contribution in [0.4, 0.5) is 0 Å². The molecule has 2 aromatic rings. The normalized spacial score (nSPS) is 23.0. The van der Waals surface area contributed by atoms with Gasteiger partial charge in [-0.3, -0.25) is 9.48 Å². The summed E-state index contributed by atoms with van der Waals surface area (Å²) in [5.74, 6) is 1.91. The zero-order chi connectivity index (χ0) is 18.9. The third kappa shape index (κ3) is 3.50. The first-order valence-electron chi connectivity index (χ1n) is 9.81. The summed E-state index contributed by atoms with van der Waals surface area (Å²) < 4.78 is 12.6. The van der Waals surface area contributed by atoms with E-state index in [1.807, 2.05) is 11.8 Å². The zero-order valence-corrected chi connectivity index (χ0v) is 16.1.